The molecule has 6 nitrogen and oxygen atoms in total. The van der Waals surface area contributed by atoms with E-state index in [-0.39, 0.29) is 12.5 Å². The molecule has 2 aliphatic heterocycles. The quantitative estimate of drug-likeness (QED) is 0.821. The van der Waals surface area contributed by atoms with Crippen molar-refractivity contribution in [3.05, 3.63) is 35.4 Å². The third-order valence-corrected chi connectivity index (χ3v) is 7.10. The molecule has 0 aliphatic carbocycles. The van der Waals surface area contributed by atoms with Gasteiger partial charge >= 0.3 is 0 Å². The number of hydrogen-bond donors (Lipinski definition) is 0. The molecule has 2 heterocycles. The lowest BCUT2D eigenvalue weighted by Gasteiger charge is -2.36. The van der Waals surface area contributed by atoms with Gasteiger partial charge in [-0.3, -0.25) is 4.79 Å². The van der Waals surface area contributed by atoms with E-state index in [1.165, 1.54) is 4.31 Å². The average Bonchev–Trinajstić information content (AvgIpc) is 2.62. The second-order valence-corrected chi connectivity index (χ2v) is 8.60. The van der Waals surface area contributed by atoms with Crippen molar-refractivity contribution in [1.82, 2.24) is 9.21 Å². The molecule has 1 unspecified atom stereocenters. The van der Waals surface area contributed by atoms with E-state index in [1.807, 2.05) is 25.1 Å². The van der Waals surface area contributed by atoms with Gasteiger partial charge in [0.05, 0.1) is 18.5 Å². The minimum Gasteiger partial charge on any atom is -0.379 e. The van der Waals surface area contributed by atoms with Crippen molar-refractivity contribution >= 4 is 15.9 Å². The Morgan fingerprint density at radius 3 is 2.58 bits per heavy atom. The number of benzene rings is 1. The van der Waals surface area contributed by atoms with Gasteiger partial charge in [0.1, 0.15) is 0 Å². The van der Waals surface area contributed by atoms with Gasteiger partial charge in [-0.05, 0) is 31.4 Å². The molecule has 0 radical (unpaired) electrons. The van der Waals surface area contributed by atoms with Crippen LogP contribution in [0, 0.1) is 6.92 Å². The van der Waals surface area contributed by atoms with Gasteiger partial charge in [-0.2, -0.15) is 4.31 Å². The summed E-state index contributed by atoms with van der Waals surface area (Å²) in [5.74, 6) is -0.0741. The van der Waals surface area contributed by atoms with Crippen LogP contribution < -0.4 is 0 Å². The van der Waals surface area contributed by atoms with E-state index in [9.17, 15) is 13.2 Å². The summed E-state index contributed by atoms with van der Waals surface area (Å²) in [4.78, 5) is 14.5. The first-order valence-electron chi connectivity index (χ1n) is 8.42. The number of likely N-dealkylation sites (tertiary alicyclic amines) is 1. The van der Waals surface area contributed by atoms with Crippen LogP contribution in [-0.2, 0) is 14.8 Å². The van der Waals surface area contributed by atoms with Gasteiger partial charge in [0.15, 0.2) is 0 Å². The number of sulfonamides is 1. The predicted octanol–water partition coefficient (Wildman–Crippen LogP) is 1.26. The standard InChI is InChI=1S/C17H24N2O4S/c1-14-5-2-3-7-16(14)17(20)18-8-4-6-15(13-18)24(21,22)19-9-11-23-12-10-19/h2-3,5,7,15H,4,6,8-13H2,1H3. The summed E-state index contributed by atoms with van der Waals surface area (Å²) in [5.41, 5.74) is 1.57. The fourth-order valence-corrected chi connectivity index (χ4v) is 5.27. The number of morpholine rings is 1. The molecule has 1 aromatic rings. The first-order valence-corrected chi connectivity index (χ1v) is 9.92. The van der Waals surface area contributed by atoms with Crippen molar-refractivity contribution in [3.63, 3.8) is 0 Å². The second kappa shape index (κ2) is 7.21. The molecule has 7 heteroatoms. The molecule has 2 saturated heterocycles. The number of carbonyl (C=O) groups is 1. The number of aryl methyl sites for hydroxylation is 1. The Kier molecular flexibility index (Phi) is 5.22. The van der Waals surface area contributed by atoms with Crippen LogP contribution in [-0.4, -0.2) is 68.2 Å². The Morgan fingerprint density at radius 1 is 1.17 bits per heavy atom. The van der Waals surface area contributed by atoms with Crippen LogP contribution in [0.2, 0.25) is 0 Å². The van der Waals surface area contributed by atoms with Crippen molar-refractivity contribution in [2.45, 2.75) is 25.0 Å². The Morgan fingerprint density at radius 2 is 1.88 bits per heavy atom. The van der Waals surface area contributed by atoms with Gasteiger partial charge in [-0.1, -0.05) is 18.2 Å². The highest BCUT2D eigenvalue weighted by molar-refractivity contribution is 7.89. The lowest BCUT2D eigenvalue weighted by molar-refractivity contribution is 0.0685. The van der Waals surface area contributed by atoms with Crippen molar-refractivity contribution in [3.8, 4) is 0 Å². The monoisotopic (exact) mass is 352 g/mol. The molecule has 0 spiro atoms. The summed E-state index contributed by atoms with van der Waals surface area (Å²) >= 11 is 0. The molecule has 0 bridgehead atoms. The summed E-state index contributed by atoms with van der Waals surface area (Å²) < 4.78 is 32.4. The number of nitrogens with zero attached hydrogens (tertiary/aromatic N) is 2. The van der Waals surface area contributed by atoms with Crippen LogP contribution in [0.3, 0.4) is 0 Å². The number of hydrogen-bond acceptors (Lipinski definition) is 4. The lowest BCUT2D eigenvalue weighted by Crippen LogP contribution is -2.51. The summed E-state index contributed by atoms with van der Waals surface area (Å²) in [6, 6.07) is 7.44. The highest BCUT2D eigenvalue weighted by atomic mass is 32.2. The molecule has 0 saturated carbocycles. The van der Waals surface area contributed by atoms with Gasteiger partial charge in [0.2, 0.25) is 10.0 Å². The number of amides is 1. The molecule has 2 fully saturated rings. The Bertz CT molecular complexity index is 698. The van der Waals surface area contributed by atoms with Gasteiger partial charge < -0.3 is 9.64 Å². The van der Waals surface area contributed by atoms with E-state index < -0.39 is 15.3 Å². The summed E-state index contributed by atoms with van der Waals surface area (Å²) in [5, 5.41) is -0.516. The molecule has 2 aliphatic rings. The number of piperidine rings is 1. The van der Waals surface area contributed by atoms with Crippen molar-refractivity contribution in [1.29, 1.82) is 0 Å². The van der Waals surface area contributed by atoms with Gasteiger partial charge in [-0.25, -0.2) is 8.42 Å². The summed E-state index contributed by atoms with van der Waals surface area (Å²) in [6.45, 7) is 4.49. The molecular formula is C17H24N2O4S. The zero-order chi connectivity index (χ0) is 17.2. The fourth-order valence-electron chi connectivity index (χ4n) is 3.36. The normalized spacial score (nSPS) is 23.2. The maximum Gasteiger partial charge on any atom is 0.254 e. The molecule has 1 amide bonds. The first kappa shape index (κ1) is 17.4. The average molecular weight is 352 g/mol. The van der Waals surface area contributed by atoms with E-state index in [4.69, 9.17) is 4.74 Å². The molecule has 0 aromatic heterocycles. The third kappa shape index (κ3) is 3.48. The Balaban J connectivity index is 1.74. The van der Waals surface area contributed by atoms with E-state index in [0.29, 0.717) is 51.3 Å². The number of rotatable bonds is 3. The lowest BCUT2D eigenvalue weighted by atomic mass is 10.1. The van der Waals surface area contributed by atoms with E-state index in [2.05, 4.69) is 0 Å². The fraction of sp³-hybridized carbons (Fsp3) is 0.588. The molecule has 0 N–H and O–H groups in total. The van der Waals surface area contributed by atoms with Crippen LogP contribution in [0.1, 0.15) is 28.8 Å². The molecular weight excluding hydrogens is 328 g/mol. The van der Waals surface area contributed by atoms with Crippen LogP contribution in [0.15, 0.2) is 24.3 Å². The molecule has 24 heavy (non-hydrogen) atoms. The minimum atomic E-state index is -3.38. The van der Waals surface area contributed by atoms with Gasteiger partial charge in [0, 0.05) is 31.7 Å². The van der Waals surface area contributed by atoms with E-state index in [1.54, 1.807) is 11.0 Å². The molecule has 1 aromatic carbocycles. The zero-order valence-electron chi connectivity index (χ0n) is 14.0. The molecule has 1 atom stereocenters. The second-order valence-electron chi connectivity index (χ2n) is 6.39. The van der Waals surface area contributed by atoms with Gasteiger partial charge in [0.25, 0.3) is 5.91 Å². The topological polar surface area (TPSA) is 66.9 Å². The predicted molar refractivity (Wildman–Crippen MR) is 91.4 cm³/mol. The third-order valence-electron chi connectivity index (χ3n) is 4.79. The summed E-state index contributed by atoms with van der Waals surface area (Å²) in [6.07, 6.45) is 1.32. The number of ether oxygens (including phenoxy) is 1. The number of carbonyl (C=O) groups excluding carboxylic acids is 1. The maximum atomic E-state index is 12.8. The SMILES string of the molecule is Cc1ccccc1C(=O)N1CCCC(S(=O)(=O)N2CCOCC2)C1. The van der Waals surface area contributed by atoms with Crippen LogP contribution >= 0.6 is 0 Å². The Labute approximate surface area is 143 Å². The maximum absolute atomic E-state index is 12.8. The van der Waals surface area contributed by atoms with Crippen LogP contribution in [0.25, 0.3) is 0 Å². The van der Waals surface area contributed by atoms with Gasteiger partial charge in [-0.15, -0.1) is 0 Å². The zero-order valence-corrected chi connectivity index (χ0v) is 14.8. The smallest absolute Gasteiger partial charge is 0.254 e. The Hall–Kier alpha value is -1.44. The molecule has 132 valence electrons. The van der Waals surface area contributed by atoms with E-state index in [0.717, 1.165) is 5.56 Å². The largest absolute Gasteiger partial charge is 0.379 e. The highest BCUT2D eigenvalue weighted by Gasteiger charge is 2.37. The summed E-state index contributed by atoms with van der Waals surface area (Å²) in [7, 11) is -3.38. The van der Waals surface area contributed by atoms with Crippen molar-refractivity contribution in [2.75, 3.05) is 39.4 Å². The van der Waals surface area contributed by atoms with E-state index >= 15 is 0 Å². The van der Waals surface area contributed by atoms with Crippen LogP contribution in [0.5, 0.6) is 0 Å². The molecule has 3 rings (SSSR count). The van der Waals surface area contributed by atoms with Crippen molar-refractivity contribution < 1.29 is 17.9 Å². The first-order chi connectivity index (χ1) is 11.5. The minimum absolute atomic E-state index is 0.0741. The highest BCUT2D eigenvalue weighted by Crippen LogP contribution is 2.23. The van der Waals surface area contributed by atoms with Crippen LogP contribution in [0.4, 0.5) is 0 Å². The van der Waals surface area contributed by atoms with Crippen molar-refractivity contribution in [2.24, 2.45) is 0 Å².